The van der Waals surface area contributed by atoms with Gasteiger partial charge in [0.05, 0.1) is 6.10 Å². The van der Waals surface area contributed by atoms with E-state index >= 15 is 0 Å². The third-order valence-corrected chi connectivity index (χ3v) is 35.5. The molecule has 8 heteroatoms. The molecule has 3 nitrogen and oxygen atoms in total. The van der Waals surface area contributed by atoms with Crippen molar-refractivity contribution in [1.29, 1.82) is 0 Å². The van der Waals surface area contributed by atoms with Crippen molar-refractivity contribution in [2.24, 2.45) is 0 Å². The SMILES string of the molecule is C[C]1[C](C)[C](C)[C](C)[C]1C.[C-]#[O+].[C-]#[O+].[CH2][CH][C](C)O[Si]C([Si](C)(C)C)([Si](C)(C)C)[Si](C)(C)C.[W+2]. The fourth-order valence-electron chi connectivity index (χ4n) is 5.44. The summed E-state index contributed by atoms with van der Waals surface area (Å²) in [6, 6.07) is 0. The van der Waals surface area contributed by atoms with Crippen LogP contribution in [0.2, 0.25) is 62.8 Å². The first-order valence-corrected chi connectivity index (χ1v) is 22.7. The Morgan fingerprint density at radius 3 is 1.06 bits per heavy atom. The molecule has 1 aliphatic rings. The summed E-state index contributed by atoms with van der Waals surface area (Å²) < 4.78 is 21.7. The first-order valence-electron chi connectivity index (χ1n) is 11.3. The summed E-state index contributed by atoms with van der Waals surface area (Å²) in [5, 5.41) is 0. The van der Waals surface area contributed by atoms with Crippen LogP contribution in [-0.2, 0) is 34.8 Å². The summed E-state index contributed by atoms with van der Waals surface area (Å²) in [6.07, 6.45) is 2.83. The zero-order valence-electron chi connectivity index (χ0n) is 24.4. The second-order valence-corrected chi connectivity index (χ2v) is 31.6. The smallest absolute Gasteiger partial charge is 0.409 e. The Balaban J connectivity index is -0.000000252. The third-order valence-electron chi connectivity index (χ3n) is 6.84. The third kappa shape index (κ3) is 10.8. The molecular weight excluding hydrogens is 656 g/mol. The van der Waals surface area contributed by atoms with Gasteiger partial charge in [0.2, 0.25) is 9.76 Å². The maximum Gasteiger partial charge on any atom is 2.00 e. The Bertz CT molecular complexity index is 490. The molecular formula is C26H48O3Si4W+2. The van der Waals surface area contributed by atoms with Gasteiger partial charge < -0.3 is 4.43 Å². The zero-order valence-corrected chi connectivity index (χ0v) is 31.4. The number of rotatable bonds is 7. The van der Waals surface area contributed by atoms with Crippen LogP contribution in [-0.4, -0.2) is 34.0 Å². The Kier molecular flexibility index (Phi) is 21.7. The monoisotopic (exact) mass is 704 g/mol. The van der Waals surface area contributed by atoms with Gasteiger partial charge in [-0.2, -0.15) is 0 Å². The van der Waals surface area contributed by atoms with Gasteiger partial charge in [0, 0.05) is 24.2 Å². The fraction of sp³-hybridized carbons (Fsp3) is 0.615. The predicted octanol–water partition coefficient (Wildman–Crippen LogP) is 7.90. The molecule has 1 fully saturated rings. The zero-order chi connectivity index (χ0) is 27.6. The molecule has 0 heterocycles. The van der Waals surface area contributed by atoms with Gasteiger partial charge >= 0.3 is 43.7 Å². The van der Waals surface area contributed by atoms with Crippen molar-refractivity contribution in [3.8, 4) is 0 Å². The van der Waals surface area contributed by atoms with Crippen molar-refractivity contribution in [3.05, 3.63) is 62.3 Å². The van der Waals surface area contributed by atoms with Crippen LogP contribution in [0.4, 0.5) is 0 Å². The minimum atomic E-state index is -1.32. The van der Waals surface area contributed by atoms with Gasteiger partial charge in [-0.15, -0.1) is 0 Å². The Labute approximate surface area is 234 Å². The maximum atomic E-state index is 7.50. The molecule has 0 unspecified atom stereocenters. The van der Waals surface area contributed by atoms with Crippen LogP contribution in [0.3, 0.4) is 0 Å². The van der Waals surface area contributed by atoms with E-state index in [4.69, 9.17) is 13.7 Å². The van der Waals surface area contributed by atoms with Crippen LogP contribution in [0, 0.1) is 62.3 Å². The summed E-state index contributed by atoms with van der Waals surface area (Å²) in [6.45, 7) is 48.8. The van der Waals surface area contributed by atoms with Crippen molar-refractivity contribution in [2.45, 2.75) is 104 Å². The van der Waals surface area contributed by atoms with Crippen LogP contribution < -0.4 is 0 Å². The Morgan fingerprint density at radius 2 is 0.912 bits per heavy atom. The molecule has 0 aromatic carbocycles. The van der Waals surface area contributed by atoms with E-state index in [-0.39, 0.29) is 21.1 Å². The first-order chi connectivity index (χ1) is 14.8. The van der Waals surface area contributed by atoms with Crippen molar-refractivity contribution < 1.29 is 34.8 Å². The fourth-order valence-corrected chi connectivity index (χ4v) is 37.0. The van der Waals surface area contributed by atoms with E-state index in [0.717, 1.165) is 6.10 Å². The average Bonchev–Trinajstić information content (AvgIpc) is 2.86. The van der Waals surface area contributed by atoms with Gasteiger partial charge in [0.1, 0.15) is 0 Å². The van der Waals surface area contributed by atoms with E-state index in [1.54, 1.807) is 0 Å². The first kappa shape index (κ1) is 42.1. The molecule has 1 saturated carbocycles. The van der Waals surface area contributed by atoms with Crippen LogP contribution in [0.1, 0.15) is 41.5 Å². The van der Waals surface area contributed by atoms with Crippen LogP contribution in [0.5, 0.6) is 0 Å². The molecule has 0 aromatic heterocycles. The molecule has 0 aromatic rings. The molecule has 1 aliphatic carbocycles. The van der Waals surface area contributed by atoms with Gasteiger partial charge in [-0.3, -0.25) is 0 Å². The van der Waals surface area contributed by atoms with Crippen LogP contribution in [0.15, 0.2) is 0 Å². The minimum absolute atomic E-state index is 0. The predicted molar refractivity (Wildman–Crippen MR) is 151 cm³/mol. The van der Waals surface area contributed by atoms with E-state index in [1.165, 1.54) is 29.6 Å². The molecule has 0 atom stereocenters. The topological polar surface area (TPSA) is 49.0 Å². The van der Waals surface area contributed by atoms with Gasteiger partial charge in [-0.1, -0.05) is 93.5 Å². The van der Waals surface area contributed by atoms with Gasteiger partial charge in [-0.25, -0.2) is 0 Å². The largest absolute Gasteiger partial charge is 2.00 e. The molecule has 0 amide bonds. The molecule has 34 heavy (non-hydrogen) atoms. The standard InChI is InChI=1S/C14H33OSi4.C10H15.2CO.W/c1-12-13(2)15-16-14(17(3,4)5,18(6,7)8)19(9,10)11;1-6-7(2)9(4)10(5)8(6)3;2*1-2;/h12H,1H2,2-11H3;1-5H3;;;/q;;;;+2. The van der Waals surface area contributed by atoms with Crippen LogP contribution >= 0.6 is 0 Å². The number of hydrogen-bond acceptors (Lipinski definition) is 1. The van der Waals surface area contributed by atoms with Crippen molar-refractivity contribution in [3.63, 3.8) is 0 Å². The molecule has 190 valence electrons. The summed E-state index contributed by atoms with van der Waals surface area (Å²) >= 11 is 0. The van der Waals surface area contributed by atoms with E-state index in [9.17, 15) is 0 Å². The van der Waals surface area contributed by atoms with Crippen molar-refractivity contribution in [2.75, 3.05) is 0 Å². The molecule has 0 spiro atoms. The van der Waals surface area contributed by atoms with E-state index < -0.39 is 24.2 Å². The van der Waals surface area contributed by atoms with E-state index in [1.807, 2.05) is 13.3 Å². The van der Waals surface area contributed by atoms with Gasteiger partial charge in [0.25, 0.3) is 0 Å². The summed E-state index contributed by atoms with van der Waals surface area (Å²) in [7, 11) is -3.36. The van der Waals surface area contributed by atoms with Gasteiger partial charge in [0.15, 0.2) is 0 Å². The van der Waals surface area contributed by atoms with Crippen molar-refractivity contribution >= 4 is 34.0 Å². The number of hydrogen-bond donors (Lipinski definition) is 0. The minimum Gasteiger partial charge on any atom is -0.409 e. The van der Waals surface area contributed by atoms with Gasteiger partial charge in [-0.05, 0) is 53.8 Å². The summed E-state index contributed by atoms with van der Waals surface area (Å²) in [5.41, 5.74) is 0. The molecule has 0 aliphatic heterocycles. The Morgan fingerprint density at radius 1 is 0.706 bits per heavy atom. The van der Waals surface area contributed by atoms with E-state index in [0.29, 0.717) is 13.7 Å². The molecule has 0 saturated heterocycles. The van der Waals surface area contributed by atoms with Crippen molar-refractivity contribution in [1.82, 2.24) is 0 Å². The molecule has 0 bridgehead atoms. The quantitative estimate of drug-likeness (QED) is 0.151. The van der Waals surface area contributed by atoms with E-state index in [2.05, 4.69) is 114 Å². The summed E-state index contributed by atoms with van der Waals surface area (Å²) in [5.74, 6) is 7.34. The normalized spacial score (nSPS) is 17.0. The second kappa shape index (κ2) is 17.5. The molecule has 1 rings (SSSR count). The Hall–Kier alpha value is 0.996. The average molecular weight is 705 g/mol. The maximum absolute atomic E-state index is 7.50. The second-order valence-electron chi connectivity index (χ2n) is 11.6. The summed E-state index contributed by atoms with van der Waals surface area (Å²) in [4.78, 5) is 0. The van der Waals surface area contributed by atoms with Crippen LogP contribution in [0.25, 0.3) is 0 Å². The molecule has 0 N–H and O–H groups in total. The molecule has 10 radical (unpaired) electrons.